The Balaban J connectivity index is 1.95. The lowest BCUT2D eigenvalue weighted by atomic mass is 9.64. The van der Waals surface area contributed by atoms with Gasteiger partial charge in [-0.05, 0) is 69.7 Å². The largest absolute Gasteiger partial charge is 0.469 e. The predicted octanol–water partition coefficient (Wildman–Crippen LogP) is 8.13. The Kier molecular flexibility index (Phi) is 10.9. The third-order valence-electron chi connectivity index (χ3n) is 10.0. The maximum Gasteiger partial charge on any atom is 0.309 e. The van der Waals surface area contributed by atoms with E-state index in [1.54, 1.807) is 0 Å². The second-order valence-corrected chi connectivity index (χ2v) is 24.2. The Morgan fingerprint density at radius 1 is 0.881 bits per heavy atom. The van der Waals surface area contributed by atoms with Gasteiger partial charge in [0.05, 0.1) is 19.6 Å². The minimum atomic E-state index is -2.67. The van der Waals surface area contributed by atoms with Crippen LogP contribution in [0.1, 0.15) is 74.7 Å². The average molecular weight is 609 g/mol. The maximum atomic E-state index is 13.1. The van der Waals surface area contributed by atoms with Gasteiger partial charge in [-0.1, -0.05) is 122 Å². The van der Waals surface area contributed by atoms with Gasteiger partial charge in [0.25, 0.3) is 8.32 Å². The molecule has 0 aliphatic heterocycles. The molecule has 0 fully saturated rings. The van der Waals surface area contributed by atoms with Crippen molar-refractivity contribution in [1.29, 1.82) is 0 Å². The number of rotatable bonds is 11. The summed E-state index contributed by atoms with van der Waals surface area (Å²) >= 11 is 0. The molecule has 2 aromatic rings. The maximum absolute atomic E-state index is 13.1. The first-order chi connectivity index (χ1) is 19.5. The van der Waals surface area contributed by atoms with Gasteiger partial charge in [0.2, 0.25) is 0 Å². The van der Waals surface area contributed by atoms with Gasteiger partial charge >= 0.3 is 5.97 Å². The van der Waals surface area contributed by atoms with Crippen molar-refractivity contribution in [1.82, 2.24) is 0 Å². The molecule has 1 aliphatic rings. The molecule has 0 radical (unpaired) electrons. The van der Waals surface area contributed by atoms with Gasteiger partial charge in [-0.25, -0.2) is 0 Å². The number of carbonyl (C=O) groups is 1. The third-order valence-corrected chi connectivity index (χ3v) is 19.5. The molecular weight excluding hydrogens is 553 g/mol. The molecule has 6 heteroatoms. The van der Waals surface area contributed by atoms with Gasteiger partial charge in [-0.3, -0.25) is 4.79 Å². The summed E-state index contributed by atoms with van der Waals surface area (Å²) in [6, 6.07) is 21.6. The molecule has 4 nitrogen and oxygen atoms in total. The highest BCUT2D eigenvalue weighted by molar-refractivity contribution is 6.99. The topological polar surface area (TPSA) is 44.8 Å². The van der Waals surface area contributed by atoms with E-state index in [4.69, 9.17) is 13.6 Å². The second kappa shape index (κ2) is 13.3. The van der Waals surface area contributed by atoms with E-state index in [9.17, 15) is 4.79 Å². The van der Waals surface area contributed by atoms with Gasteiger partial charge in [-0.2, -0.15) is 0 Å². The van der Waals surface area contributed by atoms with E-state index in [0.717, 1.165) is 25.9 Å². The van der Waals surface area contributed by atoms with Crippen LogP contribution in [0.3, 0.4) is 0 Å². The van der Waals surface area contributed by atoms with Crippen molar-refractivity contribution in [3.63, 3.8) is 0 Å². The van der Waals surface area contributed by atoms with E-state index in [-0.39, 0.29) is 33.3 Å². The Hall–Kier alpha value is -2.00. The average Bonchev–Trinajstić information content (AvgIpc) is 2.92. The molecule has 0 unspecified atom stereocenters. The number of ether oxygens (including phenoxy) is 1. The van der Waals surface area contributed by atoms with Crippen LogP contribution in [0, 0.1) is 17.3 Å². The zero-order valence-electron chi connectivity index (χ0n) is 28.2. The smallest absolute Gasteiger partial charge is 0.309 e. The quantitative estimate of drug-likeness (QED) is 0.112. The van der Waals surface area contributed by atoms with Crippen molar-refractivity contribution in [2.75, 3.05) is 20.3 Å². The minimum absolute atomic E-state index is 0.0902. The fraction of sp³-hybridized carbons (Fsp3) is 0.583. The Morgan fingerprint density at radius 3 is 1.86 bits per heavy atom. The van der Waals surface area contributed by atoms with E-state index in [0.29, 0.717) is 6.61 Å². The highest BCUT2D eigenvalue weighted by atomic mass is 28.4. The van der Waals surface area contributed by atoms with Crippen molar-refractivity contribution in [3.05, 3.63) is 72.3 Å². The van der Waals surface area contributed by atoms with Gasteiger partial charge < -0.3 is 13.6 Å². The molecule has 0 spiro atoms. The Labute approximate surface area is 258 Å². The van der Waals surface area contributed by atoms with E-state index >= 15 is 0 Å². The summed E-state index contributed by atoms with van der Waals surface area (Å²) < 4.78 is 19.2. The van der Waals surface area contributed by atoms with Gasteiger partial charge in [0.15, 0.2) is 8.32 Å². The van der Waals surface area contributed by atoms with Crippen molar-refractivity contribution < 1.29 is 18.4 Å². The van der Waals surface area contributed by atoms with Crippen molar-refractivity contribution in [2.45, 2.75) is 97.8 Å². The Morgan fingerprint density at radius 2 is 1.40 bits per heavy atom. The Bertz CT molecular complexity index is 1150. The number of carbonyl (C=O) groups excluding carboxylic acids is 1. The summed E-state index contributed by atoms with van der Waals surface area (Å²) in [6.07, 6.45) is 4.91. The molecule has 42 heavy (non-hydrogen) atoms. The summed E-state index contributed by atoms with van der Waals surface area (Å²) in [4.78, 5) is 13.1. The summed E-state index contributed by atoms with van der Waals surface area (Å²) in [6.45, 7) is 24.1. The number of hydrogen-bond acceptors (Lipinski definition) is 4. The van der Waals surface area contributed by atoms with Crippen molar-refractivity contribution >= 4 is 33.0 Å². The molecule has 0 N–H and O–H groups in total. The standard InChI is InChI=1S/C36H56O4Si2/c1-28-25-32(33(37)38-9)36(8,23-18-24-39-41(10,11)34(2,3)4)26-29(28)27-40-42(35(5,6)7,30-19-14-12-15-20-30)31-21-16-13-17-22-31/h12-17,19-22,26,28,32H,18,23-25,27H2,1-11H3/t28-,32-,36+/m0/s1. The number of hydrogen-bond donors (Lipinski definition) is 0. The molecule has 0 amide bonds. The van der Waals surface area contributed by atoms with E-state index in [1.165, 1.54) is 23.1 Å². The molecule has 0 saturated carbocycles. The van der Waals surface area contributed by atoms with Gasteiger partial charge in [0.1, 0.15) is 0 Å². The van der Waals surface area contributed by atoms with Crippen molar-refractivity contribution in [3.8, 4) is 0 Å². The van der Waals surface area contributed by atoms with E-state index in [2.05, 4.69) is 135 Å². The van der Waals surface area contributed by atoms with Crippen LogP contribution < -0.4 is 10.4 Å². The number of allylic oxidation sites excluding steroid dienone is 1. The summed E-state index contributed by atoms with van der Waals surface area (Å²) in [5, 5.41) is 2.65. The number of esters is 1. The fourth-order valence-electron chi connectivity index (χ4n) is 6.33. The molecule has 2 aromatic carbocycles. The molecule has 3 rings (SSSR count). The SMILES string of the molecule is COC(=O)[C@@H]1C[C@H](C)C(CO[Si](c2ccccc2)(c2ccccc2)C(C)(C)C)=C[C@@]1(C)CCCO[Si](C)(C)C(C)(C)C. The monoisotopic (exact) mass is 608 g/mol. The molecule has 232 valence electrons. The lowest BCUT2D eigenvalue weighted by molar-refractivity contribution is -0.150. The van der Waals surface area contributed by atoms with E-state index in [1.807, 2.05) is 0 Å². The minimum Gasteiger partial charge on any atom is -0.469 e. The summed E-state index contributed by atoms with van der Waals surface area (Å²) in [5.74, 6) is -0.0660. The molecule has 0 saturated heterocycles. The van der Waals surface area contributed by atoms with Crippen molar-refractivity contribution in [2.24, 2.45) is 17.3 Å². The molecular formula is C36H56O4Si2. The first kappa shape index (κ1) is 34.5. The zero-order valence-corrected chi connectivity index (χ0v) is 30.2. The first-order valence-corrected chi connectivity index (χ1v) is 20.5. The summed E-state index contributed by atoms with van der Waals surface area (Å²) in [7, 11) is -2.98. The van der Waals surface area contributed by atoms with E-state index < -0.39 is 16.6 Å². The lowest BCUT2D eigenvalue weighted by Gasteiger charge is -2.45. The van der Waals surface area contributed by atoms with Crippen LogP contribution in [0.5, 0.6) is 0 Å². The van der Waals surface area contributed by atoms with Crippen LogP contribution in [0.2, 0.25) is 23.2 Å². The van der Waals surface area contributed by atoms with Crippen LogP contribution in [-0.2, 0) is 18.4 Å². The van der Waals surface area contributed by atoms with Gasteiger partial charge in [-0.15, -0.1) is 0 Å². The third kappa shape index (κ3) is 7.37. The summed E-state index contributed by atoms with van der Waals surface area (Å²) in [5.41, 5.74) is 0.969. The molecule has 0 aromatic heterocycles. The molecule has 0 heterocycles. The zero-order chi connectivity index (χ0) is 31.4. The highest BCUT2D eigenvalue weighted by Crippen LogP contribution is 2.47. The van der Waals surface area contributed by atoms with Gasteiger partial charge in [0, 0.05) is 6.61 Å². The second-order valence-electron chi connectivity index (χ2n) is 15.1. The first-order valence-electron chi connectivity index (χ1n) is 15.7. The van der Waals surface area contributed by atoms with Crippen LogP contribution in [-0.4, -0.2) is 42.9 Å². The fourth-order valence-corrected chi connectivity index (χ4v) is 12.0. The molecule has 3 atom stereocenters. The normalized spacial score (nSPS) is 22.0. The number of benzene rings is 2. The highest BCUT2D eigenvalue weighted by Gasteiger charge is 2.51. The van der Waals surface area contributed by atoms with Crippen LogP contribution in [0.4, 0.5) is 0 Å². The molecule has 0 bridgehead atoms. The molecule has 1 aliphatic carbocycles. The van der Waals surface area contributed by atoms with Crippen LogP contribution in [0.25, 0.3) is 0 Å². The predicted molar refractivity (Wildman–Crippen MR) is 181 cm³/mol. The van der Waals surface area contributed by atoms with Crippen LogP contribution >= 0.6 is 0 Å². The lowest BCUT2D eigenvalue weighted by Crippen LogP contribution is -2.66. The van der Waals surface area contributed by atoms with Crippen LogP contribution in [0.15, 0.2) is 72.3 Å². The number of methoxy groups -OCH3 is 1.